The summed E-state index contributed by atoms with van der Waals surface area (Å²) >= 11 is 0. The van der Waals surface area contributed by atoms with Crippen molar-refractivity contribution in [3.05, 3.63) is 65.2 Å². The average molecular weight is 349 g/mol. The summed E-state index contributed by atoms with van der Waals surface area (Å²) in [6.45, 7) is 4.55. The van der Waals surface area contributed by atoms with E-state index in [0.29, 0.717) is 6.54 Å². The van der Waals surface area contributed by atoms with E-state index in [4.69, 9.17) is 0 Å². The zero-order valence-electron chi connectivity index (χ0n) is 15.2. The number of nitrogens with one attached hydrogen (secondary N) is 1. The van der Waals surface area contributed by atoms with Crippen molar-refractivity contribution in [2.45, 2.75) is 33.1 Å². The van der Waals surface area contributed by atoms with E-state index in [1.807, 2.05) is 56.3 Å². The van der Waals surface area contributed by atoms with E-state index >= 15 is 0 Å². The molecule has 0 aliphatic carbocycles. The molecule has 0 fully saturated rings. The highest BCUT2D eigenvalue weighted by Gasteiger charge is 2.21. The number of aryl methyl sites for hydroxylation is 2. The molecule has 1 heterocycles. The van der Waals surface area contributed by atoms with Gasteiger partial charge in [0, 0.05) is 24.9 Å². The standard InChI is InChI=1S/C21H23N3O2/c1-15-12-16(2)14-18(13-15)22-20(25)8-9-21(26)24-11-10-19(23-24)17-6-4-3-5-7-17/h3-7,12-14H,8-11H2,1-2H3,(H,22,25). The molecule has 0 atom stereocenters. The number of nitrogens with zero attached hydrogens (tertiary/aromatic N) is 2. The molecular weight excluding hydrogens is 326 g/mol. The lowest BCUT2D eigenvalue weighted by Gasteiger charge is -2.11. The van der Waals surface area contributed by atoms with Crippen LogP contribution in [0.3, 0.4) is 0 Å². The van der Waals surface area contributed by atoms with Crippen LogP contribution in [0.1, 0.15) is 36.0 Å². The molecular formula is C21H23N3O2. The summed E-state index contributed by atoms with van der Waals surface area (Å²) in [6, 6.07) is 15.7. The number of benzene rings is 2. The van der Waals surface area contributed by atoms with Crippen LogP contribution in [0.25, 0.3) is 0 Å². The zero-order valence-corrected chi connectivity index (χ0v) is 15.2. The summed E-state index contributed by atoms with van der Waals surface area (Å²) in [5.74, 6) is -0.277. The Morgan fingerprint density at radius 3 is 2.42 bits per heavy atom. The molecule has 1 N–H and O–H groups in total. The van der Waals surface area contributed by atoms with Crippen LogP contribution in [0.5, 0.6) is 0 Å². The zero-order chi connectivity index (χ0) is 18.5. The summed E-state index contributed by atoms with van der Waals surface area (Å²) in [5, 5.41) is 8.75. The first-order chi connectivity index (χ1) is 12.5. The second kappa shape index (κ2) is 7.95. The Balaban J connectivity index is 1.52. The third-order valence-electron chi connectivity index (χ3n) is 4.27. The molecule has 5 heteroatoms. The first kappa shape index (κ1) is 17.9. The quantitative estimate of drug-likeness (QED) is 0.895. The predicted octanol–water partition coefficient (Wildman–Crippen LogP) is 3.66. The maximum atomic E-state index is 12.3. The molecule has 5 nitrogen and oxygen atoms in total. The van der Waals surface area contributed by atoms with Gasteiger partial charge in [-0.3, -0.25) is 9.59 Å². The van der Waals surface area contributed by atoms with Gasteiger partial charge in [-0.2, -0.15) is 5.10 Å². The van der Waals surface area contributed by atoms with Crippen LogP contribution in [0.2, 0.25) is 0 Å². The van der Waals surface area contributed by atoms with Gasteiger partial charge in [-0.15, -0.1) is 0 Å². The Labute approximate surface area is 153 Å². The molecule has 0 saturated heterocycles. The lowest BCUT2D eigenvalue weighted by Crippen LogP contribution is -2.25. The lowest BCUT2D eigenvalue weighted by molar-refractivity contribution is -0.132. The number of amides is 2. The number of carbonyl (C=O) groups excluding carboxylic acids is 2. The van der Waals surface area contributed by atoms with Gasteiger partial charge in [0.05, 0.1) is 12.3 Å². The summed E-state index contributed by atoms with van der Waals surface area (Å²) in [5.41, 5.74) is 4.91. The molecule has 3 rings (SSSR count). The van der Waals surface area contributed by atoms with E-state index in [0.717, 1.165) is 34.5 Å². The Morgan fingerprint density at radius 1 is 1.04 bits per heavy atom. The Morgan fingerprint density at radius 2 is 1.73 bits per heavy atom. The van der Waals surface area contributed by atoms with Crippen LogP contribution in [0, 0.1) is 13.8 Å². The van der Waals surface area contributed by atoms with Crippen molar-refractivity contribution in [2.75, 3.05) is 11.9 Å². The highest BCUT2D eigenvalue weighted by molar-refractivity contribution is 6.02. The monoisotopic (exact) mass is 349 g/mol. The van der Waals surface area contributed by atoms with Crippen LogP contribution in [0.15, 0.2) is 53.6 Å². The highest BCUT2D eigenvalue weighted by atomic mass is 16.2. The summed E-state index contributed by atoms with van der Waals surface area (Å²) < 4.78 is 0. The summed E-state index contributed by atoms with van der Waals surface area (Å²) in [4.78, 5) is 24.4. The molecule has 134 valence electrons. The molecule has 0 unspecified atom stereocenters. The molecule has 1 aliphatic rings. The normalized spacial score (nSPS) is 13.5. The van der Waals surface area contributed by atoms with E-state index in [1.54, 1.807) is 0 Å². The van der Waals surface area contributed by atoms with Crippen molar-refractivity contribution in [1.29, 1.82) is 0 Å². The van der Waals surface area contributed by atoms with Gasteiger partial charge in [0.25, 0.3) is 0 Å². The summed E-state index contributed by atoms with van der Waals surface area (Å²) in [7, 11) is 0. The fraction of sp³-hybridized carbons (Fsp3) is 0.286. The lowest BCUT2D eigenvalue weighted by atomic mass is 10.1. The van der Waals surface area contributed by atoms with E-state index in [-0.39, 0.29) is 24.7 Å². The maximum absolute atomic E-state index is 12.3. The van der Waals surface area contributed by atoms with Crippen molar-refractivity contribution < 1.29 is 9.59 Å². The van der Waals surface area contributed by atoms with Gasteiger partial charge >= 0.3 is 0 Å². The van der Waals surface area contributed by atoms with Gasteiger partial charge < -0.3 is 5.32 Å². The minimum absolute atomic E-state index is 0.119. The predicted molar refractivity (Wildman–Crippen MR) is 103 cm³/mol. The first-order valence-corrected chi connectivity index (χ1v) is 8.83. The van der Waals surface area contributed by atoms with Crippen LogP contribution < -0.4 is 5.32 Å². The Kier molecular flexibility index (Phi) is 5.46. The topological polar surface area (TPSA) is 61.8 Å². The number of anilines is 1. The van der Waals surface area contributed by atoms with Gasteiger partial charge in [0.1, 0.15) is 0 Å². The van der Waals surface area contributed by atoms with Crippen molar-refractivity contribution >= 4 is 23.2 Å². The SMILES string of the molecule is Cc1cc(C)cc(NC(=O)CCC(=O)N2CCC(c3ccccc3)=N2)c1. The van der Waals surface area contributed by atoms with Crippen LogP contribution in [-0.2, 0) is 9.59 Å². The first-order valence-electron chi connectivity index (χ1n) is 8.83. The molecule has 26 heavy (non-hydrogen) atoms. The molecule has 0 saturated carbocycles. The largest absolute Gasteiger partial charge is 0.326 e. The molecule has 0 aromatic heterocycles. The van der Waals surface area contributed by atoms with E-state index < -0.39 is 0 Å². The molecule has 0 bridgehead atoms. The Bertz CT molecular complexity index is 823. The number of rotatable bonds is 5. The van der Waals surface area contributed by atoms with Crippen molar-refractivity contribution in [2.24, 2.45) is 5.10 Å². The van der Waals surface area contributed by atoms with Crippen molar-refractivity contribution in [3.63, 3.8) is 0 Å². The number of hydrogen-bond donors (Lipinski definition) is 1. The third-order valence-corrected chi connectivity index (χ3v) is 4.27. The molecule has 0 spiro atoms. The Hall–Kier alpha value is -2.95. The number of carbonyl (C=O) groups is 2. The van der Waals surface area contributed by atoms with Gasteiger partial charge in [-0.1, -0.05) is 36.4 Å². The number of hydrogen-bond acceptors (Lipinski definition) is 3. The van der Waals surface area contributed by atoms with E-state index in [2.05, 4.69) is 16.5 Å². The second-order valence-corrected chi connectivity index (χ2v) is 6.60. The van der Waals surface area contributed by atoms with Gasteiger partial charge in [-0.05, 0) is 42.7 Å². The molecule has 0 radical (unpaired) electrons. The molecule has 2 aromatic rings. The molecule has 2 aromatic carbocycles. The molecule has 1 aliphatic heterocycles. The van der Waals surface area contributed by atoms with Crippen LogP contribution >= 0.6 is 0 Å². The van der Waals surface area contributed by atoms with Crippen molar-refractivity contribution in [1.82, 2.24) is 5.01 Å². The fourth-order valence-electron chi connectivity index (χ4n) is 3.09. The van der Waals surface area contributed by atoms with E-state index in [1.165, 1.54) is 5.01 Å². The van der Waals surface area contributed by atoms with Gasteiger partial charge in [0.15, 0.2) is 0 Å². The molecule has 2 amide bonds. The third kappa shape index (κ3) is 4.57. The minimum Gasteiger partial charge on any atom is -0.326 e. The van der Waals surface area contributed by atoms with Gasteiger partial charge in [0.2, 0.25) is 11.8 Å². The minimum atomic E-state index is -0.158. The highest BCUT2D eigenvalue weighted by Crippen LogP contribution is 2.16. The fourth-order valence-corrected chi connectivity index (χ4v) is 3.09. The number of hydrazone groups is 1. The van der Waals surface area contributed by atoms with E-state index in [9.17, 15) is 9.59 Å². The average Bonchev–Trinajstić information content (AvgIpc) is 3.10. The van der Waals surface area contributed by atoms with Crippen LogP contribution in [-0.4, -0.2) is 29.1 Å². The van der Waals surface area contributed by atoms with Gasteiger partial charge in [-0.25, -0.2) is 5.01 Å². The maximum Gasteiger partial charge on any atom is 0.243 e. The smallest absolute Gasteiger partial charge is 0.243 e. The van der Waals surface area contributed by atoms with Crippen LogP contribution in [0.4, 0.5) is 5.69 Å². The van der Waals surface area contributed by atoms with Crippen molar-refractivity contribution in [3.8, 4) is 0 Å². The summed E-state index contributed by atoms with van der Waals surface area (Å²) in [6.07, 6.45) is 1.05. The second-order valence-electron chi connectivity index (χ2n) is 6.60.